The molecular formula is C34H36ClFN4O6. The minimum Gasteiger partial charge on any atom is -0.496 e. The van der Waals surface area contributed by atoms with Gasteiger partial charge in [-0.05, 0) is 48.2 Å². The van der Waals surface area contributed by atoms with E-state index >= 15 is 4.39 Å². The predicted octanol–water partition coefficient (Wildman–Crippen LogP) is 4.67. The molecule has 10 nitrogen and oxygen atoms in total. The first-order valence-electron chi connectivity index (χ1n) is 14.7. The topological polar surface area (TPSA) is 113 Å². The maximum atomic E-state index is 15.6. The van der Waals surface area contributed by atoms with Crippen LogP contribution in [-0.4, -0.2) is 54.6 Å². The van der Waals surface area contributed by atoms with Crippen molar-refractivity contribution < 1.29 is 23.4 Å². The molecule has 1 amide bonds. The Morgan fingerprint density at radius 2 is 1.80 bits per heavy atom. The van der Waals surface area contributed by atoms with Gasteiger partial charge in [0, 0.05) is 69.0 Å². The van der Waals surface area contributed by atoms with Gasteiger partial charge in [0.15, 0.2) is 0 Å². The van der Waals surface area contributed by atoms with Gasteiger partial charge in [-0.2, -0.15) is 0 Å². The second-order valence-corrected chi connectivity index (χ2v) is 11.5. The number of rotatable bonds is 9. The van der Waals surface area contributed by atoms with Crippen molar-refractivity contribution in [2.24, 2.45) is 14.1 Å². The summed E-state index contributed by atoms with van der Waals surface area (Å²) in [6.07, 6.45) is 1.84. The molecule has 1 aliphatic rings. The fourth-order valence-electron chi connectivity index (χ4n) is 5.71. The van der Waals surface area contributed by atoms with Gasteiger partial charge in [-0.25, -0.2) is 9.18 Å². The molecule has 5 rings (SSSR count). The Morgan fingerprint density at radius 1 is 1.09 bits per heavy atom. The van der Waals surface area contributed by atoms with E-state index in [1.165, 1.54) is 38.0 Å². The zero-order valence-electron chi connectivity index (χ0n) is 26.3. The molecule has 3 aromatic carbocycles. The van der Waals surface area contributed by atoms with Gasteiger partial charge >= 0.3 is 5.69 Å². The highest BCUT2D eigenvalue weighted by atomic mass is 35.5. The van der Waals surface area contributed by atoms with Crippen LogP contribution in [0.2, 0.25) is 5.02 Å². The van der Waals surface area contributed by atoms with E-state index in [9.17, 15) is 14.4 Å². The van der Waals surface area contributed by atoms with Crippen LogP contribution in [0.25, 0.3) is 22.3 Å². The van der Waals surface area contributed by atoms with Crippen LogP contribution in [0, 0.1) is 12.7 Å². The van der Waals surface area contributed by atoms with E-state index in [0.717, 1.165) is 16.6 Å². The van der Waals surface area contributed by atoms with Crippen LogP contribution >= 0.6 is 11.6 Å². The summed E-state index contributed by atoms with van der Waals surface area (Å²) in [6, 6.07) is 14.0. The van der Waals surface area contributed by atoms with E-state index in [0.29, 0.717) is 57.5 Å². The Labute approximate surface area is 270 Å². The largest absolute Gasteiger partial charge is 0.496 e. The number of benzene rings is 3. The number of hydrogen-bond donors (Lipinski definition) is 2. The van der Waals surface area contributed by atoms with Crippen molar-refractivity contribution in [3.63, 3.8) is 0 Å². The Kier molecular flexibility index (Phi) is 10.1. The molecule has 242 valence electrons. The fourth-order valence-corrected chi connectivity index (χ4v) is 6.05. The van der Waals surface area contributed by atoms with Crippen LogP contribution in [0.3, 0.4) is 0 Å². The smallest absolute Gasteiger partial charge is 0.330 e. The lowest BCUT2D eigenvalue weighted by atomic mass is 9.94. The Morgan fingerprint density at radius 3 is 2.54 bits per heavy atom. The molecule has 0 spiro atoms. The van der Waals surface area contributed by atoms with Crippen molar-refractivity contribution in [1.29, 1.82) is 0 Å². The van der Waals surface area contributed by atoms with Crippen molar-refractivity contribution >= 4 is 23.2 Å². The van der Waals surface area contributed by atoms with Crippen LogP contribution in [0.1, 0.15) is 27.9 Å². The molecule has 0 unspecified atom stereocenters. The Bertz CT molecular complexity index is 1910. The van der Waals surface area contributed by atoms with Gasteiger partial charge in [0.05, 0.1) is 24.8 Å². The van der Waals surface area contributed by atoms with Crippen molar-refractivity contribution in [2.45, 2.75) is 32.0 Å². The van der Waals surface area contributed by atoms with E-state index in [-0.39, 0.29) is 24.3 Å². The first-order chi connectivity index (χ1) is 22.0. The maximum absolute atomic E-state index is 15.6. The molecular weight excluding hydrogens is 615 g/mol. The van der Waals surface area contributed by atoms with Gasteiger partial charge in [-0.3, -0.25) is 14.2 Å². The summed E-state index contributed by atoms with van der Waals surface area (Å²) in [6.45, 7) is 3.15. The summed E-state index contributed by atoms with van der Waals surface area (Å²) < 4.78 is 34.3. The highest BCUT2D eigenvalue weighted by Gasteiger charge is 2.26. The summed E-state index contributed by atoms with van der Waals surface area (Å²) >= 11 is 6.99. The summed E-state index contributed by atoms with van der Waals surface area (Å²) in [7, 11) is 5.92. The number of hydrogen-bond acceptors (Lipinski definition) is 7. The normalized spacial score (nSPS) is 16.3. The number of carbonyl (C=O) groups excluding carboxylic acids is 1. The van der Waals surface area contributed by atoms with Crippen LogP contribution < -0.4 is 26.6 Å². The van der Waals surface area contributed by atoms with Crippen molar-refractivity contribution in [3.05, 3.63) is 103 Å². The van der Waals surface area contributed by atoms with E-state index in [2.05, 4.69) is 10.6 Å². The summed E-state index contributed by atoms with van der Waals surface area (Å²) in [5.41, 5.74) is 2.69. The third kappa shape index (κ3) is 6.50. The van der Waals surface area contributed by atoms with Gasteiger partial charge in [-0.15, -0.1) is 0 Å². The maximum Gasteiger partial charge on any atom is 0.330 e. The number of halogens is 2. The number of nitrogens with one attached hydrogen (secondary N) is 2. The SMILES string of the molecule is COc1cc(-c2cccc(-c3cccc(NC(=O)c4cn(C)c(=O)n(C)c4=O)c3C)c2Cl)cc(F)c1CN[C@H]1CCOC[C@H]1OC. The Hall–Kier alpha value is -4.29. The molecule has 0 radical (unpaired) electrons. The van der Waals surface area contributed by atoms with Gasteiger partial charge in [-0.1, -0.05) is 41.9 Å². The second kappa shape index (κ2) is 14.0. The van der Waals surface area contributed by atoms with E-state index in [1.54, 1.807) is 31.4 Å². The van der Waals surface area contributed by atoms with Gasteiger partial charge in [0.25, 0.3) is 11.5 Å². The van der Waals surface area contributed by atoms with Gasteiger partial charge in [0.1, 0.15) is 17.1 Å². The lowest BCUT2D eigenvalue weighted by Crippen LogP contribution is -2.47. The average molecular weight is 651 g/mol. The van der Waals surface area contributed by atoms with E-state index in [1.807, 2.05) is 25.1 Å². The van der Waals surface area contributed by atoms with E-state index < -0.39 is 23.0 Å². The van der Waals surface area contributed by atoms with Crippen LogP contribution in [0.4, 0.5) is 10.1 Å². The van der Waals surface area contributed by atoms with Crippen LogP contribution in [0.15, 0.2) is 64.3 Å². The van der Waals surface area contributed by atoms with Crippen molar-refractivity contribution in [1.82, 2.24) is 14.5 Å². The number of nitrogens with zero attached hydrogens (tertiary/aromatic N) is 2. The van der Waals surface area contributed by atoms with Crippen molar-refractivity contribution in [2.75, 3.05) is 32.8 Å². The lowest BCUT2D eigenvalue weighted by Gasteiger charge is -2.31. The molecule has 0 saturated carbocycles. The quantitative estimate of drug-likeness (QED) is 0.271. The molecule has 2 heterocycles. The molecule has 1 aromatic heterocycles. The number of carbonyl (C=O) groups is 1. The molecule has 12 heteroatoms. The number of aryl methyl sites for hydroxylation is 1. The molecule has 0 aliphatic carbocycles. The molecule has 1 saturated heterocycles. The second-order valence-electron chi connectivity index (χ2n) is 11.2. The molecule has 1 aliphatic heterocycles. The zero-order chi connectivity index (χ0) is 33.1. The monoisotopic (exact) mass is 650 g/mol. The summed E-state index contributed by atoms with van der Waals surface area (Å²) in [5, 5.41) is 6.57. The lowest BCUT2D eigenvalue weighted by molar-refractivity contribution is -0.0502. The number of aromatic nitrogens is 2. The van der Waals surface area contributed by atoms with Gasteiger partial charge in [0.2, 0.25) is 0 Å². The molecule has 46 heavy (non-hydrogen) atoms. The minimum atomic E-state index is -0.697. The van der Waals surface area contributed by atoms with Crippen LogP contribution in [0.5, 0.6) is 5.75 Å². The molecule has 0 bridgehead atoms. The zero-order valence-corrected chi connectivity index (χ0v) is 27.0. The number of anilines is 1. The standard InChI is InChI=1S/C34H36ClFN4O6/c1-19-21(8-7-11-27(19)38-32(41)25-17-39(2)34(43)40(3)33(25)42)23-10-6-9-22(31(23)35)20-14-26(36)24(29(15-20)44-4)16-37-28-12-13-46-18-30(28)45-5/h6-11,14-15,17,28,30,37H,12-13,16,18H2,1-5H3,(H,38,41)/t28-,30+/m0/s1. The van der Waals surface area contributed by atoms with Gasteiger partial charge < -0.3 is 29.4 Å². The first kappa shape index (κ1) is 33.1. The van der Waals surface area contributed by atoms with E-state index in [4.69, 9.17) is 25.8 Å². The third-order valence-corrected chi connectivity index (χ3v) is 8.80. The number of amides is 1. The van der Waals surface area contributed by atoms with Crippen LogP contribution in [-0.2, 0) is 30.1 Å². The molecule has 2 atom stereocenters. The first-order valence-corrected chi connectivity index (χ1v) is 15.1. The predicted molar refractivity (Wildman–Crippen MR) is 175 cm³/mol. The average Bonchev–Trinajstić information content (AvgIpc) is 3.05. The van der Waals surface area contributed by atoms with Crippen molar-refractivity contribution in [3.8, 4) is 28.0 Å². The highest BCUT2D eigenvalue weighted by molar-refractivity contribution is 6.36. The third-order valence-electron chi connectivity index (χ3n) is 8.40. The summed E-state index contributed by atoms with van der Waals surface area (Å²) in [5.74, 6) is -0.701. The Balaban J connectivity index is 1.44. The minimum absolute atomic E-state index is 0.0178. The summed E-state index contributed by atoms with van der Waals surface area (Å²) in [4.78, 5) is 37.8. The highest BCUT2D eigenvalue weighted by Crippen LogP contribution is 2.41. The fraction of sp³-hybridized carbons (Fsp3) is 0.324. The number of methoxy groups -OCH3 is 2. The molecule has 4 aromatic rings. The number of ether oxygens (including phenoxy) is 3. The molecule has 1 fully saturated rings. The molecule has 2 N–H and O–H groups in total.